The molecule has 6 nitrogen and oxygen atoms in total. The zero-order chi connectivity index (χ0) is 19.4. The number of hydrogen-bond donors (Lipinski definition) is 0. The van der Waals surface area contributed by atoms with Gasteiger partial charge in [-0.3, -0.25) is 0 Å². The molecule has 1 atom stereocenters. The number of sulfonamides is 1. The van der Waals surface area contributed by atoms with Gasteiger partial charge >= 0.3 is 0 Å². The minimum Gasteiger partial charge on any atom is -0.333 e. The van der Waals surface area contributed by atoms with Crippen LogP contribution in [-0.2, 0) is 22.3 Å². The normalized spacial score (nSPS) is 18.9. The van der Waals surface area contributed by atoms with Crippen LogP contribution in [0.4, 0.5) is 0 Å². The van der Waals surface area contributed by atoms with Gasteiger partial charge in [-0.1, -0.05) is 29.8 Å². The topological polar surface area (TPSA) is 58.4 Å². The third-order valence-corrected chi connectivity index (χ3v) is 6.93. The Kier molecular flexibility index (Phi) is 6.34. The van der Waals surface area contributed by atoms with Gasteiger partial charge in [0.05, 0.1) is 5.75 Å². The summed E-state index contributed by atoms with van der Waals surface area (Å²) in [5.41, 5.74) is 1.94. The molecule has 2 heterocycles. The van der Waals surface area contributed by atoms with Gasteiger partial charge in [0.2, 0.25) is 10.0 Å². The van der Waals surface area contributed by atoms with Crippen LogP contribution in [0.15, 0.2) is 36.7 Å². The number of hydrogen-bond acceptors (Lipinski definition) is 4. The van der Waals surface area contributed by atoms with Crippen molar-refractivity contribution in [2.45, 2.75) is 38.0 Å². The molecule has 1 fully saturated rings. The molecule has 148 valence electrons. The van der Waals surface area contributed by atoms with Crippen LogP contribution < -0.4 is 0 Å². The van der Waals surface area contributed by atoms with Crippen LogP contribution in [0.2, 0.25) is 0 Å². The van der Waals surface area contributed by atoms with Crippen molar-refractivity contribution in [3.8, 4) is 0 Å². The quantitative estimate of drug-likeness (QED) is 0.729. The average molecular weight is 391 g/mol. The van der Waals surface area contributed by atoms with Crippen LogP contribution in [0.5, 0.6) is 0 Å². The van der Waals surface area contributed by atoms with E-state index in [2.05, 4.69) is 28.5 Å². The van der Waals surface area contributed by atoms with E-state index in [4.69, 9.17) is 0 Å². The fourth-order valence-corrected chi connectivity index (χ4v) is 5.28. The summed E-state index contributed by atoms with van der Waals surface area (Å²) >= 11 is 0. The second kappa shape index (κ2) is 8.54. The largest absolute Gasteiger partial charge is 0.333 e. The highest BCUT2D eigenvalue weighted by Crippen LogP contribution is 2.28. The van der Waals surface area contributed by atoms with Crippen molar-refractivity contribution in [1.82, 2.24) is 18.8 Å². The lowest BCUT2D eigenvalue weighted by molar-refractivity contribution is 0.300. The number of nitrogens with zero attached hydrogens (tertiary/aromatic N) is 4. The van der Waals surface area contributed by atoms with E-state index in [1.165, 1.54) is 0 Å². The molecule has 0 aliphatic carbocycles. The predicted molar refractivity (Wildman–Crippen MR) is 108 cm³/mol. The number of aromatic nitrogens is 2. The van der Waals surface area contributed by atoms with Gasteiger partial charge in [-0.15, -0.1) is 0 Å². The molecule has 0 amide bonds. The molecule has 27 heavy (non-hydrogen) atoms. The van der Waals surface area contributed by atoms with E-state index in [0.29, 0.717) is 13.1 Å². The highest BCUT2D eigenvalue weighted by atomic mass is 32.2. The Morgan fingerprint density at radius 3 is 2.85 bits per heavy atom. The molecule has 0 spiro atoms. The van der Waals surface area contributed by atoms with Crippen molar-refractivity contribution in [2.24, 2.45) is 0 Å². The van der Waals surface area contributed by atoms with Crippen LogP contribution in [0.25, 0.3) is 0 Å². The lowest BCUT2D eigenvalue weighted by atomic mass is 9.99. The van der Waals surface area contributed by atoms with Crippen molar-refractivity contribution in [2.75, 3.05) is 33.7 Å². The molecule has 0 unspecified atom stereocenters. The van der Waals surface area contributed by atoms with Gasteiger partial charge in [-0.25, -0.2) is 17.7 Å². The third kappa shape index (κ3) is 5.18. The molecule has 7 heteroatoms. The van der Waals surface area contributed by atoms with E-state index in [0.717, 1.165) is 42.9 Å². The first-order chi connectivity index (χ1) is 12.8. The minimum atomic E-state index is -3.33. The van der Waals surface area contributed by atoms with Gasteiger partial charge in [0, 0.05) is 44.5 Å². The first kappa shape index (κ1) is 20.0. The Balaban J connectivity index is 1.71. The molecular weight excluding hydrogens is 360 g/mol. The maximum absolute atomic E-state index is 13.0. The number of benzene rings is 1. The minimum absolute atomic E-state index is 0.0659. The van der Waals surface area contributed by atoms with Crippen molar-refractivity contribution in [3.63, 3.8) is 0 Å². The SMILES string of the molecule is Cc1cccc(CS(=O)(=O)N2CCC[C@@H](c3nccn3CCN(C)C)C2)c1. The zero-order valence-corrected chi connectivity index (χ0v) is 17.3. The van der Waals surface area contributed by atoms with Crippen molar-refractivity contribution < 1.29 is 8.42 Å². The Bertz CT molecular complexity index is 860. The molecular formula is C20H30N4O2S. The van der Waals surface area contributed by atoms with Crippen molar-refractivity contribution in [3.05, 3.63) is 53.6 Å². The first-order valence-electron chi connectivity index (χ1n) is 9.54. The van der Waals surface area contributed by atoms with Gasteiger partial charge < -0.3 is 9.47 Å². The summed E-state index contributed by atoms with van der Waals surface area (Å²) in [6, 6.07) is 7.74. The smallest absolute Gasteiger partial charge is 0.218 e. The number of aryl methyl sites for hydroxylation is 1. The van der Waals surface area contributed by atoms with Gasteiger partial charge in [-0.2, -0.15) is 0 Å². The Hall–Kier alpha value is -1.70. The molecule has 0 bridgehead atoms. The summed E-state index contributed by atoms with van der Waals surface area (Å²) < 4.78 is 29.8. The summed E-state index contributed by atoms with van der Waals surface area (Å²) in [5, 5.41) is 0. The molecule has 1 aliphatic heterocycles. The molecule has 1 aliphatic rings. The Morgan fingerprint density at radius 1 is 1.30 bits per heavy atom. The highest BCUT2D eigenvalue weighted by Gasteiger charge is 2.31. The summed E-state index contributed by atoms with van der Waals surface area (Å²) in [7, 11) is 0.777. The van der Waals surface area contributed by atoms with E-state index >= 15 is 0 Å². The number of rotatable bonds is 7. The average Bonchev–Trinajstić information content (AvgIpc) is 3.08. The second-order valence-corrected chi connectivity index (χ2v) is 9.69. The Labute approximate surface area is 162 Å². The number of likely N-dealkylation sites (N-methyl/N-ethyl adjacent to an activating group) is 1. The van der Waals surface area contributed by atoms with Crippen molar-refractivity contribution >= 4 is 10.0 Å². The first-order valence-corrected chi connectivity index (χ1v) is 11.2. The molecule has 0 N–H and O–H groups in total. The van der Waals surface area contributed by atoms with Crippen LogP contribution in [-0.4, -0.2) is 60.9 Å². The van der Waals surface area contributed by atoms with Crippen LogP contribution in [0, 0.1) is 6.92 Å². The van der Waals surface area contributed by atoms with Gasteiger partial charge in [0.25, 0.3) is 0 Å². The molecule has 0 saturated carbocycles. The maximum atomic E-state index is 13.0. The monoisotopic (exact) mass is 390 g/mol. The fraction of sp³-hybridized carbons (Fsp3) is 0.550. The van der Waals surface area contributed by atoms with Crippen LogP contribution in [0.3, 0.4) is 0 Å². The molecule has 2 aromatic rings. The number of imidazole rings is 1. The maximum Gasteiger partial charge on any atom is 0.218 e. The van der Waals surface area contributed by atoms with Gasteiger partial charge in [0.1, 0.15) is 5.82 Å². The zero-order valence-electron chi connectivity index (χ0n) is 16.5. The summed E-state index contributed by atoms with van der Waals surface area (Å²) in [5.74, 6) is 1.23. The van der Waals surface area contributed by atoms with Crippen LogP contribution in [0.1, 0.15) is 35.7 Å². The summed E-state index contributed by atoms with van der Waals surface area (Å²) in [6.45, 7) is 4.91. The van der Waals surface area contributed by atoms with Gasteiger partial charge in [0.15, 0.2) is 0 Å². The van der Waals surface area contributed by atoms with E-state index in [1.54, 1.807) is 4.31 Å². The lowest BCUT2D eigenvalue weighted by Crippen LogP contribution is -2.40. The predicted octanol–water partition coefficient (Wildman–Crippen LogP) is 2.46. The molecule has 1 aromatic carbocycles. The second-order valence-electron chi connectivity index (χ2n) is 7.72. The molecule has 1 aromatic heterocycles. The van der Waals surface area contributed by atoms with Crippen molar-refractivity contribution in [1.29, 1.82) is 0 Å². The van der Waals surface area contributed by atoms with E-state index in [9.17, 15) is 8.42 Å². The molecule has 1 saturated heterocycles. The van der Waals surface area contributed by atoms with E-state index in [1.807, 2.05) is 43.6 Å². The standard InChI is InChI=1S/C20H30N4O2S/c1-17-6-4-7-18(14-17)16-27(25,26)24-10-5-8-19(15-24)20-21-9-11-23(20)13-12-22(2)3/h4,6-7,9,11,14,19H,5,8,10,12-13,15-16H2,1-3H3/t19-/m1/s1. The summed E-state index contributed by atoms with van der Waals surface area (Å²) in [4.78, 5) is 6.69. The number of piperidine rings is 1. The van der Waals surface area contributed by atoms with Crippen LogP contribution >= 0.6 is 0 Å². The Morgan fingerprint density at radius 2 is 2.11 bits per heavy atom. The molecule has 0 radical (unpaired) electrons. The molecule has 3 rings (SSSR count). The van der Waals surface area contributed by atoms with Gasteiger partial charge in [-0.05, 0) is 39.4 Å². The van der Waals surface area contributed by atoms with E-state index in [-0.39, 0.29) is 11.7 Å². The third-order valence-electron chi connectivity index (χ3n) is 5.11. The fourth-order valence-electron chi connectivity index (χ4n) is 3.69. The summed E-state index contributed by atoms with van der Waals surface area (Å²) in [6.07, 6.45) is 5.68. The highest BCUT2D eigenvalue weighted by molar-refractivity contribution is 7.88. The van der Waals surface area contributed by atoms with E-state index < -0.39 is 10.0 Å². The lowest BCUT2D eigenvalue weighted by Gasteiger charge is -2.32.